The Balaban J connectivity index is 0.00000192. The molecule has 1 saturated heterocycles. The summed E-state index contributed by atoms with van der Waals surface area (Å²) in [6.45, 7) is 6.50. The second kappa shape index (κ2) is 7.15. The predicted molar refractivity (Wildman–Crippen MR) is 91.1 cm³/mol. The van der Waals surface area contributed by atoms with Gasteiger partial charge in [-0.2, -0.15) is 0 Å². The normalized spacial score (nSPS) is 14.0. The fraction of sp³-hybridized carbons (Fsp3) is 0.353. The van der Waals surface area contributed by atoms with E-state index in [-0.39, 0.29) is 24.1 Å². The van der Waals surface area contributed by atoms with Gasteiger partial charge >= 0.3 is 0 Å². The lowest BCUT2D eigenvalue weighted by molar-refractivity contribution is 0.0941. The second-order valence-corrected chi connectivity index (χ2v) is 5.83. The van der Waals surface area contributed by atoms with Crippen molar-refractivity contribution in [2.75, 3.05) is 19.6 Å². The molecule has 3 rings (SSSR count). The lowest BCUT2D eigenvalue weighted by atomic mass is 10.0. The number of carbonyl (C=O) groups excluding carboxylic acids is 1. The van der Waals surface area contributed by atoms with Crippen LogP contribution in [0.3, 0.4) is 0 Å². The second-order valence-electron chi connectivity index (χ2n) is 5.83. The zero-order valence-electron chi connectivity index (χ0n) is 13.2. The van der Waals surface area contributed by atoms with Gasteiger partial charge in [-0.3, -0.25) is 4.79 Å². The monoisotopic (exact) mass is 337 g/mol. The van der Waals surface area contributed by atoms with E-state index in [1.165, 1.54) is 12.1 Å². The Morgan fingerprint density at radius 3 is 2.52 bits per heavy atom. The van der Waals surface area contributed by atoms with Gasteiger partial charge in [-0.1, -0.05) is 0 Å². The molecule has 23 heavy (non-hydrogen) atoms. The molecule has 2 N–H and O–H groups in total. The molecular formula is C17H21ClFN3O. The molecule has 0 atom stereocenters. The first-order valence-corrected chi connectivity index (χ1v) is 7.50. The van der Waals surface area contributed by atoms with E-state index in [4.69, 9.17) is 0 Å². The molecule has 4 nitrogen and oxygen atoms in total. The third kappa shape index (κ3) is 3.57. The quantitative estimate of drug-likeness (QED) is 0.901. The van der Waals surface area contributed by atoms with Crippen molar-refractivity contribution in [1.29, 1.82) is 0 Å². The van der Waals surface area contributed by atoms with Crippen LogP contribution >= 0.6 is 12.4 Å². The first-order chi connectivity index (χ1) is 10.6. The van der Waals surface area contributed by atoms with Crippen molar-refractivity contribution in [1.82, 2.24) is 15.2 Å². The van der Waals surface area contributed by atoms with Gasteiger partial charge in [0.25, 0.3) is 5.91 Å². The Labute approximate surface area is 141 Å². The smallest absolute Gasteiger partial charge is 0.253 e. The maximum atomic E-state index is 13.1. The van der Waals surface area contributed by atoms with Crippen LogP contribution < -0.4 is 10.6 Å². The summed E-state index contributed by atoms with van der Waals surface area (Å²) >= 11 is 0. The van der Waals surface area contributed by atoms with Gasteiger partial charge in [-0.25, -0.2) is 4.39 Å². The standard InChI is InChI=1S/C17H20FN3O.ClH/c1-11-7-16(17(22)20-10-13-8-19-9-13)12(2)21(11)15-5-3-14(18)4-6-15;/h3-7,13,19H,8-10H2,1-2H3,(H,20,22);1H. The summed E-state index contributed by atoms with van der Waals surface area (Å²) in [5.74, 6) is 0.219. The van der Waals surface area contributed by atoms with E-state index in [1.54, 1.807) is 12.1 Å². The molecule has 0 spiro atoms. The molecule has 1 aliphatic rings. The molecule has 2 heterocycles. The summed E-state index contributed by atoms with van der Waals surface area (Å²) in [4.78, 5) is 12.4. The third-order valence-electron chi connectivity index (χ3n) is 4.18. The lowest BCUT2D eigenvalue weighted by Crippen LogP contribution is -2.48. The van der Waals surface area contributed by atoms with Crippen LogP contribution in [0.1, 0.15) is 21.7 Å². The number of nitrogens with one attached hydrogen (secondary N) is 2. The number of halogens is 2. The number of rotatable bonds is 4. The first-order valence-electron chi connectivity index (χ1n) is 7.50. The molecular weight excluding hydrogens is 317 g/mol. The topological polar surface area (TPSA) is 46.1 Å². The fourth-order valence-electron chi connectivity index (χ4n) is 2.81. The molecule has 0 radical (unpaired) electrons. The fourth-order valence-corrected chi connectivity index (χ4v) is 2.81. The van der Waals surface area contributed by atoms with Gasteiger partial charge in [-0.05, 0) is 44.2 Å². The van der Waals surface area contributed by atoms with Crippen LogP contribution in [-0.4, -0.2) is 30.1 Å². The van der Waals surface area contributed by atoms with Crippen molar-refractivity contribution in [2.24, 2.45) is 5.92 Å². The summed E-state index contributed by atoms with van der Waals surface area (Å²) in [7, 11) is 0. The average Bonchev–Trinajstić information content (AvgIpc) is 2.74. The third-order valence-corrected chi connectivity index (χ3v) is 4.18. The minimum atomic E-state index is -0.265. The highest BCUT2D eigenvalue weighted by Gasteiger charge is 2.20. The molecule has 6 heteroatoms. The zero-order valence-corrected chi connectivity index (χ0v) is 14.0. The molecule has 1 aromatic carbocycles. The van der Waals surface area contributed by atoms with E-state index < -0.39 is 0 Å². The molecule has 2 aromatic rings. The zero-order chi connectivity index (χ0) is 15.7. The summed E-state index contributed by atoms with van der Waals surface area (Å²) < 4.78 is 15.0. The highest BCUT2D eigenvalue weighted by atomic mass is 35.5. The van der Waals surface area contributed by atoms with Crippen LogP contribution in [0, 0.1) is 25.6 Å². The summed E-state index contributed by atoms with van der Waals surface area (Å²) in [5, 5.41) is 6.18. The number of amides is 1. The number of aryl methyl sites for hydroxylation is 1. The van der Waals surface area contributed by atoms with Gasteiger partial charge in [0.15, 0.2) is 0 Å². The number of carbonyl (C=O) groups is 1. The Kier molecular flexibility index (Phi) is 5.44. The highest BCUT2D eigenvalue weighted by Crippen LogP contribution is 2.21. The summed E-state index contributed by atoms with van der Waals surface area (Å²) in [6.07, 6.45) is 0. The number of hydrogen-bond acceptors (Lipinski definition) is 2. The van der Waals surface area contributed by atoms with E-state index in [0.29, 0.717) is 18.0 Å². The Hall–Kier alpha value is -1.85. The number of benzene rings is 1. The molecule has 124 valence electrons. The summed E-state index contributed by atoms with van der Waals surface area (Å²) in [5.41, 5.74) is 3.36. The van der Waals surface area contributed by atoms with Crippen LogP contribution in [0.15, 0.2) is 30.3 Å². The minimum absolute atomic E-state index is 0. The SMILES string of the molecule is Cc1cc(C(=O)NCC2CNC2)c(C)n1-c1ccc(F)cc1.Cl. The van der Waals surface area contributed by atoms with Crippen molar-refractivity contribution in [3.05, 3.63) is 53.1 Å². The molecule has 1 amide bonds. The van der Waals surface area contributed by atoms with Crippen LogP contribution in [0.2, 0.25) is 0 Å². The first kappa shape index (κ1) is 17.5. The van der Waals surface area contributed by atoms with Gasteiger partial charge in [-0.15, -0.1) is 12.4 Å². The van der Waals surface area contributed by atoms with Crippen molar-refractivity contribution < 1.29 is 9.18 Å². The predicted octanol–water partition coefficient (Wildman–Crippen LogP) is 2.60. The summed E-state index contributed by atoms with van der Waals surface area (Å²) in [6, 6.07) is 8.18. The number of hydrogen-bond donors (Lipinski definition) is 2. The molecule has 0 unspecified atom stereocenters. The maximum Gasteiger partial charge on any atom is 0.253 e. The Bertz CT molecular complexity index is 693. The van der Waals surface area contributed by atoms with Gasteiger partial charge in [0.05, 0.1) is 5.56 Å². The minimum Gasteiger partial charge on any atom is -0.352 e. The lowest BCUT2D eigenvalue weighted by Gasteiger charge is -2.27. The molecule has 0 bridgehead atoms. The Morgan fingerprint density at radius 2 is 1.96 bits per heavy atom. The van der Waals surface area contributed by atoms with E-state index in [2.05, 4.69) is 10.6 Å². The van der Waals surface area contributed by atoms with Crippen molar-refractivity contribution in [3.63, 3.8) is 0 Å². The molecule has 1 aromatic heterocycles. The van der Waals surface area contributed by atoms with Crippen LogP contribution in [-0.2, 0) is 0 Å². The van der Waals surface area contributed by atoms with Crippen molar-refractivity contribution in [2.45, 2.75) is 13.8 Å². The van der Waals surface area contributed by atoms with Gasteiger partial charge in [0.1, 0.15) is 5.82 Å². The van der Waals surface area contributed by atoms with Crippen LogP contribution in [0.4, 0.5) is 4.39 Å². The van der Waals surface area contributed by atoms with E-state index in [9.17, 15) is 9.18 Å². The molecule has 1 aliphatic heterocycles. The number of aromatic nitrogens is 1. The molecule has 0 saturated carbocycles. The van der Waals surface area contributed by atoms with E-state index >= 15 is 0 Å². The van der Waals surface area contributed by atoms with Crippen molar-refractivity contribution >= 4 is 18.3 Å². The van der Waals surface area contributed by atoms with Gasteiger partial charge < -0.3 is 15.2 Å². The van der Waals surface area contributed by atoms with Gasteiger partial charge in [0, 0.05) is 42.6 Å². The van der Waals surface area contributed by atoms with Crippen LogP contribution in [0.25, 0.3) is 5.69 Å². The average molecular weight is 338 g/mol. The maximum absolute atomic E-state index is 13.1. The number of nitrogens with zero attached hydrogens (tertiary/aromatic N) is 1. The van der Waals surface area contributed by atoms with Crippen LogP contribution in [0.5, 0.6) is 0 Å². The molecule has 0 aliphatic carbocycles. The van der Waals surface area contributed by atoms with E-state index in [1.807, 2.05) is 24.5 Å². The largest absolute Gasteiger partial charge is 0.352 e. The molecule has 1 fully saturated rings. The highest BCUT2D eigenvalue weighted by molar-refractivity contribution is 5.95. The van der Waals surface area contributed by atoms with E-state index in [0.717, 1.165) is 30.2 Å². The van der Waals surface area contributed by atoms with Crippen molar-refractivity contribution in [3.8, 4) is 5.69 Å². The van der Waals surface area contributed by atoms with Gasteiger partial charge in [0.2, 0.25) is 0 Å². The Morgan fingerprint density at radius 1 is 1.30 bits per heavy atom.